The number of nitrogens with one attached hydrogen (secondary N) is 1. The first-order chi connectivity index (χ1) is 16.2. The van der Waals surface area contributed by atoms with Crippen molar-refractivity contribution in [3.05, 3.63) is 108 Å². The first-order valence-electron chi connectivity index (χ1n) is 10.9. The number of aromatic nitrogens is 1. The summed E-state index contributed by atoms with van der Waals surface area (Å²) in [6, 6.07) is 21.7. The van der Waals surface area contributed by atoms with Crippen molar-refractivity contribution < 1.29 is 4.74 Å². The Morgan fingerprint density at radius 1 is 1.00 bits per heavy atom. The molecule has 0 atom stereocenters. The lowest BCUT2D eigenvalue weighted by molar-refractivity contribution is 0.463. The molecule has 164 valence electrons. The van der Waals surface area contributed by atoms with Gasteiger partial charge in [0, 0.05) is 32.2 Å². The zero-order valence-electron chi connectivity index (χ0n) is 18.8. The van der Waals surface area contributed by atoms with Crippen LogP contribution in [0.3, 0.4) is 0 Å². The summed E-state index contributed by atoms with van der Waals surface area (Å²) in [5, 5.41) is 3.50. The first-order valence-corrected chi connectivity index (χ1v) is 10.9. The molecular weight excluding hydrogens is 408 g/mol. The normalized spacial score (nSPS) is 14.1. The van der Waals surface area contributed by atoms with Gasteiger partial charge in [-0.1, -0.05) is 30.2 Å². The van der Waals surface area contributed by atoms with Crippen molar-refractivity contribution in [2.24, 2.45) is 4.99 Å². The Morgan fingerprint density at radius 2 is 1.79 bits per heavy atom. The number of allylic oxidation sites excluding steroid dienone is 2. The minimum atomic E-state index is 0.775. The van der Waals surface area contributed by atoms with E-state index in [-0.39, 0.29) is 0 Å². The molecule has 2 aromatic carbocycles. The summed E-state index contributed by atoms with van der Waals surface area (Å²) in [4.78, 5) is 10.9. The average Bonchev–Trinajstić information content (AvgIpc) is 2.86. The molecular formula is C28H26N4O. The van der Waals surface area contributed by atoms with Crippen molar-refractivity contribution in [1.29, 1.82) is 0 Å². The van der Waals surface area contributed by atoms with Crippen LogP contribution in [0, 0.1) is 11.8 Å². The van der Waals surface area contributed by atoms with Crippen molar-refractivity contribution in [3.8, 4) is 23.3 Å². The van der Waals surface area contributed by atoms with Crippen LogP contribution in [0.5, 0.6) is 11.5 Å². The zero-order valence-corrected chi connectivity index (χ0v) is 18.8. The molecule has 0 radical (unpaired) electrons. The molecule has 0 spiro atoms. The van der Waals surface area contributed by atoms with Gasteiger partial charge in [-0.3, -0.25) is 4.98 Å². The number of benzene rings is 2. The van der Waals surface area contributed by atoms with Crippen molar-refractivity contribution in [2.75, 3.05) is 13.6 Å². The van der Waals surface area contributed by atoms with Crippen LogP contribution in [-0.2, 0) is 6.42 Å². The van der Waals surface area contributed by atoms with Crippen molar-refractivity contribution in [2.45, 2.75) is 13.3 Å². The second kappa shape index (κ2) is 10.8. The lowest BCUT2D eigenvalue weighted by Gasteiger charge is -2.27. The molecule has 0 saturated heterocycles. The van der Waals surface area contributed by atoms with Gasteiger partial charge in [0.1, 0.15) is 23.1 Å². The zero-order chi connectivity index (χ0) is 22.9. The summed E-state index contributed by atoms with van der Waals surface area (Å²) >= 11 is 0. The minimum Gasteiger partial charge on any atom is -0.457 e. The minimum absolute atomic E-state index is 0.775. The summed E-state index contributed by atoms with van der Waals surface area (Å²) in [6.07, 6.45) is 8.36. The molecule has 0 saturated carbocycles. The molecule has 0 bridgehead atoms. The summed E-state index contributed by atoms with van der Waals surface area (Å²) in [7, 11) is 2.00. The van der Waals surface area contributed by atoms with Gasteiger partial charge in [-0.15, -0.1) is 5.92 Å². The Labute approximate surface area is 195 Å². The van der Waals surface area contributed by atoms with E-state index in [2.05, 4.69) is 33.2 Å². The van der Waals surface area contributed by atoms with Crippen LogP contribution in [0.4, 0.5) is 0 Å². The van der Waals surface area contributed by atoms with Gasteiger partial charge in [-0.25, -0.2) is 4.99 Å². The molecule has 2 heterocycles. The van der Waals surface area contributed by atoms with E-state index in [4.69, 9.17) is 4.74 Å². The fourth-order valence-electron chi connectivity index (χ4n) is 3.48. The Kier molecular flexibility index (Phi) is 7.19. The predicted molar refractivity (Wildman–Crippen MR) is 134 cm³/mol. The standard InChI is InChI=1S/C28H26N4O/c1-3-8-26(23-12-14-25(15-13-23)33-24-10-5-4-6-11-24)28-31-20-17-27(32(28)2)30-19-16-22-9-7-18-29-21-22/h4-7,9-15,17-18,20-21,30H,16,19H2,1-2H3/b28-26+. The van der Waals surface area contributed by atoms with Crippen LogP contribution in [0.1, 0.15) is 18.1 Å². The number of hydrogen-bond acceptors (Lipinski definition) is 5. The number of hydrogen-bond donors (Lipinski definition) is 1. The number of pyridine rings is 1. The highest BCUT2D eigenvalue weighted by Crippen LogP contribution is 2.28. The van der Waals surface area contributed by atoms with Gasteiger partial charge >= 0.3 is 0 Å². The highest BCUT2D eigenvalue weighted by Gasteiger charge is 2.17. The fourth-order valence-corrected chi connectivity index (χ4v) is 3.48. The summed E-state index contributed by atoms with van der Waals surface area (Å²) in [5.74, 6) is 9.63. The molecule has 1 aliphatic heterocycles. The molecule has 0 amide bonds. The Morgan fingerprint density at radius 3 is 2.52 bits per heavy atom. The van der Waals surface area contributed by atoms with E-state index in [1.807, 2.05) is 98.0 Å². The van der Waals surface area contributed by atoms with Crippen LogP contribution in [0.2, 0.25) is 0 Å². The molecule has 0 aliphatic carbocycles. The maximum Gasteiger partial charge on any atom is 0.150 e. The monoisotopic (exact) mass is 434 g/mol. The van der Waals surface area contributed by atoms with E-state index in [0.29, 0.717) is 0 Å². The maximum absolute atomic E-state index is 5.92. The summed E-state index contributed by atoms with van der Waals surface area (Å²) in [6.45, 7) is 2.63. The third-order valence-electron chi connectivity index (χ3n) is 5.15. The van der Waals surface area contributed by atoms with E-state index in [1.54, 1.807) is 6.20 Å². The second-order valence-electron chi connectivity index (χ2n) is 7.44. The van der Waals surface area contributed by atoms with E-state index < -0.39 is 0 Å². The first kappa shape index (κ1) is 21.9. The molecule has 1 aliphatic rings. The van der Waals surface area contributed by atoms with E-state index in [1.165, 1.54) is 5.56 Å². The van der Waals surface area contributed by atoms with Crippen LogP contribution in [0.25, 0.3) is 5.57 Å². The van der Waals surface area contributed by atoms with Crippen LogP contribution >= 0.6 is 0 Å². The van der Waals surface area contributed by atoms with Crippen LogP contribution < -0.4 is 10.1 Å². The van der Waals surface area contributed by atoms with Gasteiger partial charge in [-0.2, -0.15) is 0 Å². The highest BCUT2D eigenvalue weighted by atomic mass is 16.5. The van der Waals surface area contributed by atoms with Crippen LogP contribution in [-0.4, -0.2) is 29.7 Å². The molecule has 0 unspecified atom stereocenters. The smallest absolute Gasteiger partial charge is 0.150 e. The largest absolute Gasteiger partial charge is 0.457 e. The molecule has 0 fully saturated rings. The predicted octanol–water partition coefficient (Wildman–Crippen LogP) is 5.26. The maximum atomic E-state index is 5.92. The van der Waals surface area contributed by atoms with E-state index in [9.17, 15) is 0 Å². The Hall–Kier alpha value is -4.30. The fraction of sp³-hybridized carbons (Fsp3) is 0.143. The molecule has 3 aromatic rings. The second-order valence-corrected chi connectivity index (χ2v) is 7.44. The average molecular weight is 435 g/mol. The lowest BCUT2D eigenvalue weighted by atomic mass is 10.1. The lowest BCUT2D eigenvalue weighted by Crippen LogP contribution is -2.31. The number of rotatable bonds is 7. The highest BCUT2D eigenvalue weighted by molar-refractivity contribution is 5.85. The van der Waals surface area contributed by atoms with Crippen molar-refractivity contribution in [1.82, 2.24) is 15.2 Å². The molecule has 1 aromatic heterocycles. The van der Waals surface area contributed by atoms with Crippen LogP contribution in [0.15, 0.2) is 102 Å². The number of para-hydroxylation sites is 1. The molecule has 33 heavy (non-hydrogen) atoms. The van der Waals surface area contributed by atoms with E-state index in [0.717, 1.165) is 47.2 Å². The van der Waals surface area contributed by atoms with Crippen molar-refractivity contribution >= 4 is 11.8 Å². The SMILES string of the molecule is CC#C/C(=C1/N=CC=C(NCCc2cccnc2)N1C)c1ccc(Oc2ccccc2)cc1. The van der Waals surface area contributed by atoms with Gasteiger partial charge < -0.3 is 15.0 Å². The Balaban J connectivity index is 1.50. The molecule has 5 nitrogen and oxygen atoms in total. The number of aliphatic imine (C=N–C) groups is 1. The molecule has 4 rings (SSSR count). The number of ether oxygens (including phenoxy) is 1. The van der Waals surface area contributed by atoms with Gasteiger partial charge in [0.15, 0.2) is 0 Å². The topological polar surface area (TPSA) is 49.8 Å². The van der Waals surface area contributed by atoms with Gasteiger partial charge in [0.05, 0.1) is 5.57 Å². The van der Waals surface area contributed by atoms with Crippen molar-refractivity contribution in [3.63, 3.8) is 0 Å². The summed E-state index contributed by atoms with van der Waals surface area (Å²) < 4.78 is 5.92. The number of nitrogens with zero attached hydrogens (tertiary/aromatic N) is 3. The third-order valence-corrected chi connectivity index (χ3v) is 5.15. The molecule has 1 N–H and O–H groups in total. The van der Waals surface area contributed by atoms with E-state index >= 15 is 0 Å². The third kappa shape index (κ3) is 5.69. The van der Waals surface area contributed by atoms with Gasteiger partial charge in [0.2, 0.25) is 0 Å². The summed E-state index contributed by atoms with van der Waals surface area (Å²) in [5.41, 5.74) is 3.05. The van der Waals surface area contributed by atoms with Gasteiger partial charge in [-0.05, 0) is 73.0 Å². The Bertz CT molecular complexity index is 1220. The van der Waals surface area contributed by atoms with Gasteiger partial charge in [0.25, 0.3) is 0 Å². The molecule has 5 heteroatoms. The quantitative estimate of drug-likeness (QED) is 0.516.